The molecule has 3 aliphatic rings. The highest BCUT2D eigenvalue weighted by molar-refractivity contribution is 6.35. The van der Waals surface area contributed by atoms with E-state index in [2.05, 4.69) is 25.8 Å². The number of anilines is 1. The van der Waals surface area contributed by atoms with E-state index in [1.54, 1.807) is 31.2 Å². The van der Waals surface area contributed by atoms with Crippen LogP contribution in [0.25, 0.3) is 32.9 Å². The van der Waals surface area contributed by atoms with Gasteiger partial charge < -0.3 is 14.7 Å². The van der Waals surface area contributed by atoms with Crippen LogP contribution < -0.4 is 9.64 Å². The number of terminal acetylenes is 1. The molecule has 7 rings (SSSR count). The van der Waals surface area contributed by atoms with Crippen LogP contribution in [0.4, 0.5) is 19.0 Å². The number of halogens is 4. The molecular weight excluding hydrogens is 591 g/mol. The maximum Gasteiger partial charge on any atom is 0.319 e. The zero-order valence-corrected chi connectivity index (χ0v) is 25.0. The molecule has 7 nitrogen and oxygen atoms in total. The molecule has 3 atom stereocenters. The van der Waals surface area contributed by atoms with Gasteiger partial charge in [-0.1, -0.05) is 41.8 Å². The second-order valence-electron chi connectivity index (χ2n) is 12.5. The molecule has 2 aromatic carbocycles. The quantitative estimate of drug-likeness (QED) is 0.214. The van der Waals surface area contributed by atoms with Gasteiger partial charge in [0.1, 0.15) is 40.8 Å². The van der Waals surface area contributed by atoms with Gasteiger partial charge in [-0.2, -0.15) is 9.97 Å². The average molecular weight is 622 g/mol. The lowest BCUT2D eigenvalue weighted by atomic mass is 9.94. The van der Waals surface area contributed by atoms with Crippen LogP contribution in [0.3, 0.4) is 0 Å². The summed E-state index contributed by atoms with van der Waals surface area (Å²) >= 11 is 6.81. The van der Waals surface area contributed by atoms with E-state index in [1.165, 1.54) is 6.07 Å². The van der Waals surface area contributed by atoms with Crippen molar-refractivity contribution in [3.05, 3.63) is 52.7 Å². The van der Waals surface area contributed by atoms with E-state index < -0.39 is 28.9 Å². The number of nitrogens with zero attached hydrogens (tertiary/aromatic N) is 5. The van der Waals surface area contributed by atoms with Gasteiger partial charge in [-0.25, -0.2) is 18.2 Å². The fraction of sp³-hybridized carbons (Fsp3) is 0.424. The summed E-state index contributed by atoms with van der Waals surface area (Å²) in [5.74, 6) is 1.27. The number of rotatable bonds is 5. The van der Waals surface area contributed by atoms with E-state index in [1.807, 2.05) is 4.90 Å². The van der Waals surface area contributed by atoms with Gasteiger partial charge in [-0.15, -0.1) is 6.42 Å². The van der Waals surface area contributed by atoms with Gasteiger partial charge in [0.15, 0.2) is 5.82 Å². The van der Waals surface area contributed by atoms with E-state index >= 15 is 4.39 Å². The molecule has 0 spiro atoms. The van der Waals surface area contributed by atoms with Gasteiger partial charge in [-0.05, 0) is 50.6 Å². The summed E-state index contributed by atoms with van der Waals surface area (Å²) in [4.78, 5) is 17.6. The predicted molar refractivity (Wildman–Crippen MR) is 164 cm³/mol. The Balaban J connectivity index is 1.40. The summed E-state index contributed by atoms with van der Waals surface area (Å²) in [6, 6.07) is 7.83. The maximum absolute atomic E-state index is 16.7. The highest BCUT2D eigenvalue weighted by Gasteiger charge is 2.49. The number of aliphatic hydroxyl groups is 1. The lowest BCUT2D eigenvalue weighted by Crippen LogP contribution is -2.46. The number of fused-ring (bicyclic) bond motifs is 3. The van der Waals surface area contributed by atoms with Crippen molar-refractivity contribution in [2.75, 3.05) is 37.7 Å². The number of hydrogen-bond acceptors (Lipinski definition) is 7. The topological polar surface area (TPSA) is 74.6 Å². The fourth-order valence-corrected chi connectivity index (χ4v) is 7.56. The number of benzene rings is 2. The summed E-state index contributed by atoms with van der Waals surface area (Å²) in [5, 5.41) is 11.9. The molecule has 5 heterocycles. The molecule has 0 saturated carbocycles. The second kappa shape index (κ2) is 10.8. The van der Waals surface area contributed by atoms with Crippen LogP contribution in [0, 0.1) is 24.0 Å². The number of alkyl halides is 1. The predicted octanol–water partition coefficient (Wildman–Crippen LogP) is 6.06. The number of β-amino-alcohol motifs (C(OH)–C–C–N with tert-alkyl or cyclic N) is 1. The Kier molecular flexibility index (Phi) is 7.11. The monoisotopic (exact) mass is 621 g/mol. The van der Waals surface area contributed by atoms with Crippen molar-refractivity contribution < 1.29 is 23.0 Å². The standard InChI is InChI=1S/C33H31ClF3N5O2/c1-3-21-23(36)10-9-19-7-4-8-22(24(19)21)27-26(37)28-25(29(34)38-27)30(41-13-5-11-32(2,43)17-41)40-31(39-28)44-18-33-12-6-14-42(33)16-20(35)15-33/h1,4,7-10,20,43H,5-6,11-18H2,2H3/t20-,32-,33?/m1/s1. The highest BCUT2D eigenvalue weighted by atomic mass is 35.5. The van der Waals surface area contributed by atoms with E-state index in [0.29, 0.717) is 43.1 Å². The molecule has 2 aromatic heterocycles. The molecule has 1 N–H and O–H groups in total. The summed E-state index contributed by atoms with van der Waals surface area (Å²) in [6.07, 6.45) is 8.08. The second-order valence-corrected chi connectivity index (χ2v) is 12.8. The summed E-state index contributed by atoms with van der Waals surface area (Å²) < 4.78 is 52.1. The molecule has 0 aliphatic carbocycles. The number of piperidine rings is 1. The summed E-state index contributed by atoms with van der Waals surface area (Å²) in [5.41, 5.74) is -1.49. The van der Waals surface area contributed by atoms with Crippen molar-refractivity contribution in [3.8, 4) is 29.6 Å². The van der Waals surface area contributed by atoms with Crippen molar-refractivity contribution in [2.24, 2.45) is 0 Å². The van der Waals surface area contributed by atoms with Crippen molar-refractivity contribution >= 4 is 39.1 Å². The lowest BCUT2D eigenvalue weighted by Gasteiger charge is -2.38. The molecule has 4 aromatic rings. The Hall–Kier alpha value is -3.65. The lowest BCUT2D eigenvalue weighted by molar-refractivity contribution is 0.0447. The van der Waals surface area contributed by atoms with Crippen molar-refractivity contribution in [3.63, 3.8) is 0 Å². The normalized spacial score (nSPS) is 25.5. The van der Waals surface area contributed by atoms with Crippen LogP contribution in [0.15, 0.2) is 30.3 Å². The number of pyridine rings is 1. The maximum atomic E-state index is 16.7. The van der Waals surface area contributed by atoms with E-state index in [4.69, 9.17) is 22.8 Å². The van der Waals surface area contributed by atoms with E-state index in [-0.39, 0.29) is 57.9 Å². The smallest absolute Gasteiger partial charge is 0.319 e. The minimum atomic E-state index is -1.00. The van der Waals surface area contributed by atoms with Gasteiger partial charge in [0, 0.05) is 37.0 Å². The highest BCUT2D eigenvalue weighted by Crippen LogP contribution is 2.42. The van der Waals surface area contributed by atoms with Crippen LogP contribution in [-0.2, 0) is 0 Å². The van der Waals surface area contributed by atoms with Gasteiger partial charge in [0.25, 0.3) is 0 Å². The molecule has 3 fully saturated rings. The zero-order chi connectivity index (χ0) is 30.8. The van der Waals surface area contributed by atoms with Gasteiger partial charge in [0.2, 0.25) is 0 Å². The molecule has 0 radical (unpaired) electrons. The van der Waals surface area contributed by atoms with Crippen molar-refractivity contribution in [2.45, 2.75) is 56.3 Å². The van der Waals surface area contributed by atoms with Gasteiger partial charge in [0.05, 0.1) is 22.1 Å². The molecule has 3 saturated heterocycles. The molecule has 3 aliphatic heterocycles. The Bertz CT molecular complexity index is 1850. The third-order valence-corrected chi connectivity index (χ3v) is 9.57. The fourth-order valence-electron chi connectivity index (χ4n) is 7.31. The van der Waals surface area contributed by atoms with Crippen LogP contribution >= 0.6 is 11.6 Å². The van der Waals surface area contributed by atoms with E-state index in [0.717, 1.165) is 19.4 Å². The van der Waals surface area contributed by atoms with Crippen LogP contribution in [0.5, 0.6) is 6.01 Å². The molecule has 44 heavy (non-hydrogen) atoms. The third-order valence-electron chi connectivity index (χ3n) is 9.30. The third kappa shape index (κ3) is 4.82. The van der Waals surface area contributed by atoms with Crippen molar-refractivity contribution in [1.29, 1.82) is 0 Å². The summed E-state index contributed by atoms with van der Waals surface area (Å²) in [6.45, 7) is 3.81. The zero-order valence-electron chi connectivity index (χ0n) is 24.2. The minimum Gasteiger partial charge on any atom is -0.461 e. The first-order valence-electron chi connectivity index (χ1n) is 14.8. The molecule has 11 heteroatoms. The Labute approximate surface area is 258 Å². The van der Waals surface area contributed by atoms with Crippen LogP contribution in [0.1, 0.15) is 44.6 Å². The summed E-state index contributed by atoms with van der Waals surface area (Å²) in [7, 11) is 0. The van der Waals surface area contributed by atoms with Crippen LogP contribution in [-0.4, -0.2) is 75.1 Å². The largest absolute Gasteiger partial charge is 0.461 e. The first-order chi connectivity index (χ1) is 21.1. The van der Waals surface area contributed by atoms with Crippen molar-refractivity contribution in [1.82, 2.24) is 19.9 Å². The number of ether oxygens (including phenoxy) is 1. The molecular formula is C33H31ClF3N5O2. The van der Waals surface area contributed by atoms with Crippen LogP contribution in [0.2, 0.25) is 5.15 Å². The first-order valence-corrected chi connectivity index (χ1v) is 15.2. The number of hydrogen-bond donors (Lipinski definition) is 1. The first kappa shape index (κ1) is 29.1. The molecule has 228 valence electrons. The molecule has 0 bridgehead atoms. The SMILES string of the molecule is C#Cc1c(F)ccc2cccc(-c3nc(Cl)c4c(N5CCC[C@@](C)(O)C5)nc(OCC56CCCN5C[C@H](F)C6)nc4c3F)c12. The van der Waals surface area contributed by atoms with E-state index in [9.17, 15) is 13.9 Å². The molecule has 0 amide bonds. The van der Waals surface area contributed by atoms with Gasteiger partial charge >= 0.3 is 6.01 Å². The Morgan fingerprint density at radius 3 is 2.73 bits per heavy atom. The number of aromatic nitrogens is 3. The van der Waals surface area contributed by atoms with Gasteiger partial charge in [-0.3, -0.25) is 4.90 Å². The minimum absolute atomic E-state index is 0.0124. The average Bonchev–Trinajstić information content (AvgIpc) is 3.52. The Morgan fingerprint density at radius 2 is 1.93 bits per heavy atom. The molecule has 1 unspecified atom stereocenters. The Morgan fingerprint density at radius 1 is 1.11 bits per heavy atom.